The van der Waals surface area contributed by atoms with Crippen LogP contribution in [0.4, 0.5) is 0 Å². The summed E-state index contributed by atoms with van der Waals surface area (Å²) in [5.41, 5.74) is 6.05. The van der Waals surface area contributed by atoms with E-state index in [0.29, 0.717) is 11.7 Å². The zero-order valence-electron chi connectivity index (χ0n) is 9.56. The van der Waals surface area contributed by atoms with Crippen molar-refractivity contribution < 1.29 is 4.79 Å². The zero-order chi connectivity index (χ0) is 12.5. The minimum absolute atomic E-state index is 0.0480. The van der Waals surface area contributed by atoms with Crippen LogP contribution in [-0.2, 0) is 0 Å². The van der Waals surface area contributed by atoms with Gasteiger partial charge in [-0.1, -0.05) is 0 Å². The number of aromatic nitrogens is 1. The largest absolute Gasteiger partial charge is 0.370 e. The van der Waals surface area contributed by atoms with Crippen molar-refractivity contribution in [3.8, 4) is 0 Å². The van der Waals surface area contributed by atoms with Gasteiger partial charge >= 0.3 is 0 Å². The van der Waals surface area contributed by atoms with E-state index >= 15 is 0 Å². The van der Waals surface area contributed by atoms with Crippen molar-refractivity contribution in [3.63, 3.8) is 0 Å². The van der Waals surface area contributed by atoms with Crippen LogP contribution in [0.3, 0.4) is 0 Å². The smallest absolute Gasteiger partial charge is 0.272 e. The molecule has 4 rings (SSSR count). The van der Waals surface area contributed by atoms with Crippen molar-refractivity contribution in [1.29, 1.82) is 0 Å². The van der Waals surface area contributed by atoms with Crippen LogP contribution in [0.25, 0.3) is 0 Å². The molecule has 94 valence electrons. The number of hydrogen-bond acceptors (Lipinski definition) is 4. The number of nitrogens with two attached hydrogens (primary N) is 1. The van der Waals surface area contributed by atoms with Gasteiger partial charge in [-0.2, -0.15) is 0 Å². The van der Waals surface area contributed by atoms with E-state index < -0.39 is 5.66 Å². The fourth-order valence-corrected chi connectivity index (χ4v) is 3.77. The maximum atomic E-state index is 12.5. The van der Waals surface area contributed by atoms with E-state index in [0.717, 1.165) is 23.9 Å². The fourth-order valence-electron chi connectivity index (χ4n) is 3.33. The van der Waals surface area contributed by atoms with E-state index in [1.807, 2.05) is 21.7 Å². The van der Waals surface area contributed by atoms with Crippen LogP contribution in [0.1, 0.15) is 29.5 Å². The van der Waals surface area contributed by atoms with E-state index in [2.05, 4.69) is 26.2 Å². The molecule has 3 aliphatic heterocycles. The molecule has 18 heavy (non-hydrogen) atoms. The molecular weight excluding hydrogens is 298 g/mol. The number of aliphatic imine (C=N–C) groups is 1. The Morgan fingerprint density at radius 1 is 1.61 bits per heavy atom. The van der Waals surface area contributed by atoms with Crippen LogP contribution >= 0.6 is 15.9 Å². The van der Waals surface area contributed by atoms with Crippen molar-refractivity contribution >= 4 is 27.8 Å². The molecule has 3 aliphatic rings. The second-order valence-electron chi connectivity index (χ2n) is 4.95. The molecule has 1 fully saturated rings. The zero-order valence-corrected chi connectivity index (χ0v) is 11.1. The maximum Gasteiger partial charge on any atom is 0.272 e. The van der Waals surface area contributed by atoms with E-state index in [1.165, 1.54) is 0 Å². The SMILES string of the molecule is NC1=N[C@H]2n3cc(Br)cc3C(=O)N3CCC[C@@]23N1. The van der Waals surface area contributed by atoms with Crippen molar-refractivity contribution in [2.45, 2.75) is 24.7 Å². The summed E-state index contributed by atoms with van der Waals surface area (Å²) in [5.74, 6) is 0.462. The lowest BCUT2D eigenvalue weighted by Gasteiger charge is -2.43. The second-order valence-corrected chi connectivity index (χ2v) is 5.86. The van der Waals surface area contributed by atoms with Crippen LogP contribution in [-0.4, -0.2) is 33.5 Å². The van der Waals surface area contributed by atoms with Crippen molar-refractivity contribution in [1.82, 2.24) is 14.8 Å². The van der Waals surface area contributed by atoms with Gasteiger partial charge in [0.1, 0.15) is 5.69 Å². The summed E-state index contributed by atoms with van der Waals surface area (Å²) >= 11 is 3.42. The third-order valence-electron chi connectivity index (χ3n) is 4.00. The van der Waals surface area contributed by atoms with Crippen molar-refractivity contribution in [3.05, 3.63) is 22.4 Å². The van der Waals surface area contributed by atoms with Crippen LogP contribution in [0.2, 0.25) is 0 Å². The molecule has 1 amide bonds. The number of carbonyl (C=O) groups excluding carboxylic acids is 1. The highest BCUT2D eigenvalue weighted by atomic mass is 79.9. The lowest BCUT2D eigenvalue weighted by molar-refractivity contribution is 0.0327. The van der Waals surface area contributed by atoms with Gasteiger partial charge in [0.05, 0.1) is 0 Å². The molecule has 0 aromatic carbocycles. The van der Waals surface area contributed by atoms with Gasteiger partial charge in [0, 0.05) is 17.2 Å². The highest BCUT2D eigenvalue weighted by Gasteiger charge is 2.57. The lowest BCUT2D eigenvalue weighted by Crippen LogP contribution is -2.63. The monoisotopic (exact) mass is 309 g/mol. The Kier molecular flexibility index (Phi) is 1.79. The molecular formula is C11H12BrN5O. The Labute approximate surface area is 112 Å². The minimum Gasteiger partial charge on any atom is -0.370 e. The third-order valence-corrected chi connectivity index (χ3v) is 4.43. The normalized spacial score (nSPS) is 32.7. The Morgan fingerprint density at radius 2 is 2.44 bits per heavy atom. The van der Waals surface area contributed by atoms with E-state index in [-0.39, 0.29) is 12.1 Å². The number of amides is 1. The molecule has 1 saturated heterocycles. The fraction of sp³-hybridized carbons (Fsp3) is 0.455. The van der Waals surface area contributed by atoms with Crippen LogP contribution in [0.15, 0.2) is 21.7 Å². The summed E-state index contributed by atoms with van der Waals surface area (Å²) < 4.78 is 2.81. The number of nitrogens with one attached hydrogen (secondary N) is 1. The molecule has 0 saturated carbocycles. The number of hydrogen-bond donors (Lipinski definition) is 2. The number of fused-ring (bicyclic) bond motifs is 2. The molecule has 1 aromatic rings. The first-order valence-corrected chi connectivity index (χ1v) is 6.72. The van der Waals surface area contributed by atoms with E-state index in [1.54, 1.807) is 0 Å². The molecule has 4 heterocycles. The Balaban J connectivity index is 1.97. The first-order chi connectivity index (χ1) is 8.62. The standard InChI is InChI=1S/C11H12BrN5O/c12-6-4-7-8(18)17-3-1-2-11(17)9(16(7)5-6)14-10(13)15-11/h4-5,9H,1-3H2,(H3,13,14,15)/t9-,11-/m0/s1. The summed E-state index contributed by atoms with van der Waals surface area (Å²) in [4.78, 5) is 18.9. The van der Waals surface area contributed by atoms with Gasteiger partial charge in [-0.25, -0.2) is 4.99 Å². The Bertz CT molecular complexity index is 594. The molecule has 0 aliphatic carbocycles. The molecule has 7 heteroatoms. The van der Waals surface area contributed by atoms with Gasteiger partial charge < -0.3 is 20.5 Å². The summed E-state index contributed by atoms with van der Waals surface area (Å²) in [6.07, 6.45) is 3.60. The average molecular weight is 310 g/mol. The number of guanidine groups is 1. The molecule has 6 nitrogen and oxygen atoms in total. The third kappa shape index (κ3) is 1.04. The Morgan fingerprint density at radius 3 is 3.28 bits per heavy atom. The quantitative estimate of drug-likeness (QED) is 0.737. The van der Waals surface area contributed by atoms with Gasteiger partial charge in [0.15, 0.2) is 17.8 Å². The van der Waals surface area contributed by atoms with Gasteiger partial charge in [0.2, 0.25) is 0 Å². The molecule has 3 N–H and O–H groups in total. The second kappa shape index (κ2) is 3.09. The summed E-state index contributed by atoms with van der Waals surface area (Å²) in [6, 6.07) is 1.84. The maximum absolute atomic E-state index is 12.5. The highest BCUT2D eigenvalue weighted by molar-refractivity contribution is 9.10. The van der Waals surface area contributed by atoms with Crippen LogP contribution in [0.5, 0.6) is 0 Å². The predicted octanol–water partition coefficient (Wildman–Crippen LogP) is 0.613. The first kappa shape index (κ1) is 10.4. The van der Waals surface area contributed by atoms with Crippen LogP contribution < -0.4 is 11.1 Å². The summed E-state index contributed by atoms with van der Waals surface area (Å²) in [5, 5.41) is 3.21. The van der Waals surface area contributed by atoms with Gasteiger partial charge in [-0.15, -0.1) is 0 Å². The summed E-state index contributed by atoms with van der Waals surface area (Å²) in [7, 11) is 0. The number of halogens is 1. The van der Waals surface area contributed by atoms with Gasteiger partial charge in [-0.3, -0.25) is 4.79 Å². The topological polar surface area (TPSA) is 75.6 Å². The lowest BCUT2D eigenvalue weighted by atomic mass is 10.0. The van der Waals surface area contributed by atoms with Crippen molar-refractivity contribution in [2.24, 2.45) is 10.7 Å². The van der Waals surface area contributed by atoms with Gasteiger partial charge in [0.25, 0.3) is 5.91 Å². The molecule has 0 unspecified atom stereocenters. The summed E-state index contributed by atoms with van der Waals surface area (Å²) in [6.45, 7) is 0.758. The van der Waals surface area contributed by atoms with E-state index in [4.69, 9.17) is 5.73 Å². The highest BCUT2D eigenvalue weighted by Crippen LogP contribution is 2.45. The molecule has 0 radical (unpaired) electrons. The van der Waals surface area contributed by atoms with Crippen LogP contribution in [0, 0.1) is 0 Å². The van der Waals surface area contributed by atoms with E-state index in [9.17, 15) is 4.79 Å². The molecule has 1 aromatic heterocycles. The Hall–Kier alpha value is -1.50. The average Bonchev–Trinajstić information content (AvgIpc) is 2.96. The molecule has 0 bridgehead atoms. The molecule has 1 spiro atoms. The predicted molar refractivity (Wildman–Crippen MR) is 68.9 cm³/mol. The minimum atomic E-state index is -0.452. The first-order valence-electron chi connectivity index (χ1n) is 5.93. The number of carbonyl (C=O) groups is 1. The van der Waals surface area contributed by atoms with Gasteiger partial charge in [-0.05, 0) is 34.8 Å². The molecule has 2 atom stereocenters. The van der Waals surface area contributed by atoms with Crippen molar-refractivity contribution in [2.75, 3.05) is 6.54 Å². The number of rotatable bonds is 0. The number of nitrogens with zero attached hydrogens (tertiary/aromatic N) is 3.